The maximum atomic E-state index is 6.12. The van der Waals surface area contributed by atoms with Crippen LogP contribution in [0.2, 0.25) is 0 Å². The van der Waals surface area contributed by atoms with E-state index >= 15 is 0 Å². The molecule has 1 unspecified atom stereocenters. The Labute approximate surface area is 68.7 Å². The fraction of sp³-hybridized carbons (Fsp3) is 1.00. The van der Waals surface area contributed by atoms with Gasteiger partial charge in [-0.25, -0.2) is 0 Å². The monoisotopic (exact) mass is 154 g/mol. The summed E-state index contributed by atoms with van der Waals surface area (Å²) in [5, 5.41) is 0. The van der Waals surface area contributed by atoms with Crippen molar-refractivity contribution < 1.29 is 0 Å². The number of rotatable bonds is 2. The molecule has 1 aliphatic carbocycles. The zero-order valence-corrected chi connectivity index (χ0v) is 7.29. The summed E-state index contributed by atoms with van der Waals surface area (Å²) in [5.41, 5.74) is 6.12. The van der Waals surface area contributed by atoms with Crippen LogP contribution >= 0.6 is 0 Å². The van der Waals surface area contributed by atoms with Crippen molar-refractivity contribution in [1.82, 2.24) is 4.90 Å². The van der Waals surface area contributed by atoms with Crippen molar-refractivity contribution in [2.45, 2.75) is 25.3 Å². The van der Waals surface area contributed by atoms with Gasteiger partial charge in [-0.3, -0.25) is 0 Å². The zero-order chi connectivity index (χ0) is 7.84. The highest BCUT2D eigenvalue weighted by molar-refractivity contribution is 4.91. The highest BCUT2D eigenvalue weighted by Gasteiger charge is 2.35. The molecule has 0 spiro atoms. The Balaban J connectivity index is 1.76. The minimum absolute atomic E-state index is 0.514. The van der Waals surface area contributed by atoms with E-state index in [1.165, 1.54) is 32.4 Å². The molecule has 0 radical (unpaired) electrons. The molecule has 1 aliphatic heterocycles. The molecule has 0 amide bonds. The fourth-order valence-electron chi connectivity index (χ4n) is 2.20. The predicted molar refractivity (Wildman–Crippen MR) is 46.3 cm³/mol. The molecule has 1 saturated carbocycles. The quantitative estimate of drug-likeness (QED) is 0.633. The second kappa shape index (κ2) is 2.76. The molecule has 2 N–H and O–H groups in total. The van der Waals surface area contributed by atoms with Gasteiger partial charge in [0, 0.05) is 19.1 Å². The lowest BCUT2D eigenvalue weighted by Gasteiger charge is -2.45. The second-order valence-electron chi connectivity index (χ2n) is 4.25. The van der Waals surface area contributed by atoms with Crippen LogP contribution in [-0.2, 0) is 0 Å². The van der Waals surface area contributed by atoms with Crippen molar-refractivity contribution in [2.24, 2.45) is 17.6 Å². The first-order chi connectivity index (χ1) is 5.27. The third kappa shape index (κ3) is 1.30. The summed E-state index contributed by atoms with van der Waals surface area (Å²) >= 11 is 0. The maximum Gasteiger partial charge on any atom is 0.0120 e. The summed E-state index contributed by atoms with van der Waals surface area (Å²) in [6.45, 7) is 2.47. The van der Waals surface area contributed by atoms with E-state index in [0.29, 0.717) is 6.04 Å². The van der Waals surface area contributed by atoms with Gasteiger partial charge >= 0.3 is 0 Å². The minimum Gasteiger partial charge on any atom is -0.327 e. The molecule has 2 aliphatic rings. The summed E-state index contributed by atoms with van der Waals surface area (Å²) in [7, 11) is 2.17. The van der Waals surface area contributed by atoms with E-state index in [4.69, 9.17) is 5.73 Å². The Hall–Kier alpha value is -0.0800. The molecule has 0 aromatic rings. The number of nitrogens with two attached hydrogens (primary N) is 1. The average Bonchev–Trinajstić information content (AvgIpc) is 1.76. The molecule has 0 bridgehead atoms. The summed E-state index contributed by atoms with van der Waals surface area (Å²) < 4.78 is 0. The van der Waals surface area contributed by atoms with Crippen LogP contribution in [0.25, 0.3) is 0 Å². The van der Waals surface area contributed by atoms with Crippen LogP contribution in [0, 0.1) is 11.8 Å². The van der Waals surface area contributed by atoms with Crippen molar-refractivity contribution in [1.29, 1.82) is 0 Å². The molecule has 11 heavy (non-hydrogen) atoms. The van der Waals surface area contributed by atoms with Crippen molar-refractivity contribution in [2.75, 3.05) is 20.1 Å². The molecule has 2 fully saturated rings. The van der Waals surface area contributed by atoms with Crippen LogP contribution in [0.1, 0.15) is 19.3 Å². The molecule has 0 aromatic heterocycles. The van der Waals surface area contributed by atoms with Crippen molar-refractivity contribution in [3.05, 3.63) is 0 Å². The lowest BCUT2D eigenvalue weighted by molar-refractivity contribution is 0.0718. The molecule has 64 valence electrons. The fourth-order valence-corrected chi connectivity index (χ4v) is 2.20. The Bertz CT molecular complexity index is 136. The Morgan fingerprint density at radius 3 is 2.27 bits per heavy atom. The van der Waals surface area contributed by atoms with Gasteiger partial charge in [0.2, 0.25) is 0 Å². The first kappa shape index (κ1) is 7.56. The number of likely N-dealkylation sites (tertiary alicyclic amines) is 1. The van der Waals surface area contributed by atoms with E-state index in [0.717, 1.165) is 11.8 Å². The lowest BCUT2D eigenvalue weighted by atomic mass is 9.73. The van der Waals surface area contributed by atoms with Crippen LogP contribution in [0.5, 0.6) is 0 Å². The zero-order valence-electron chi connectivity index (χ0n) is 7.29. The summed E-state index contributed by atoms with van der Waals surface area (Å²) in [6.07, 6.45) is 4.20. The van der Waals surface area contributed by atoms with E-state index in [-0.39, 0.29) is 0 Å². The van der Waals surface area contributed by atoms with E-state index in [1.54, 1.807) is 0 Å². The van der Waals surface area contributed by atoms with Crippen LogP contribution in [0.15, 0.2) is 0 Å². The van der Waals surface area contributed by atoms with Crippen LogP contribution in [-0.4, -0.2) is 31.1 Å². The smallest absolute Gasteiger partial charge is 0.0120 e. The van der Waals surface area contributed by atoms with Gasteiger partial charge < -0.3 is 10.6 Å². The summed E-state index contributed by atoms with van der Waals surface area (Å²) in [6, 6.07) is 0.514. The minimum atomic E-state index is 0.514. The van der Waals surface area contributed by atoms with Gasteiger partial charge in [0.25, 0.3) is 0 Å². The van der Waals surface area contributed by atoms with Crippen LogP contribution in [0.4, 0.5) is 0 Å². The first-order valence-corrected chi connectivity index (χ1v) is 4.71. The third-order valence-electron chi connectivity index (χ3n) is 3.33. The number of hydrogen-bond acceptors (Lipinski definition) is 2. The SMILES string of the molecule is CN1CC(C(N)C2CCC2)C1. The largest absolute Gasteiger partial charge is 0.327 e. The summed E-state index contributed by atoms with van der Waals surface area (Å²) in [4.78, 5) is 2.35. The van der Waals surface area contributed by atoms with Gasteiger partial charge in [-0.15, -0.1) is 0 Å². The summed E-state index contributed by atoms with van der Waals surface area (Å²) in [5.74, 6) is 1.68. The van der Waals surface area contributed by atoms with Gasteiger partial charge in [-0.1, -0.05) is 6.42 Å². The van der Waals surface area contributed by atoms with E-state index < -0.39 is 0 Å². The third-order valence-corrected chi connectivity index (χ3v) is 3.33. The van der Waals surface area contributed by atoms with Crippen LogP contribution < -0.4 is 5.73 Å². The molecular formula is C9H18N2. The first-order valence-electron chi connectivity index (χ1n) is 4.71. The molecular weight excluding hydrogens is 136 g/mol. The second-order valence-corrected chi connectivity index (χ2v) is 4.25. The number of hydrogen-bond donors (Lipinski definition) is 1. The highest BCUT2D eigenvalue weighted by atomic mass is 15.2. The Kier molecular flexibility index (Phi) is 1.90. The van der Waals surface area contributed by atoms with Crippen molar-refractivity contribution in [3.63, 3.8) is 0 Å². The van der Waals surface area contributed by atoms with E-state index in [9.17, 15) is 0 Å². The Morgan fingerprint density at radius 2 is 1.91 bits per heavy atom. The highest BCUT2D eigenvalue weighted by Crippen LogP contribution is 2.33. The normalized spacial score (nSPS) is 31.1. The molecule has 2 heteroatoms. The van der Waals surface area contributed by atoms with Gasteiger partial charge in [-0.2, -0.15) is 0 Å². The average molecular weight is 154 g/mol. The molecule has 2 rings (SSSR count). The standard InChI is InChI=1S/C9H18N2/c1-11-5-8(6-11)9(10)7-3-2-4-7/h7-9H,2-6,10H2,1H3. The van der Waals surface area contributed by atoms with Gasteiger partial charge in [0.05, 0.1) is 0 Å². The van der Waals surface area contributed by atoms with E-state index in [1.807, 2.05) is 0 Å². The Morgan fingerprint density at radius 1 is 1.27 bits per heavy atom. The van der Waals surface area contributed by atoms with Crippen molar-refractivity contribution in [3.8, 4) is 0 Å². The molecule has 0 aromatic carbocycles. The molecule has 1 atom stereocenters. The molecule has 1 saturated heterocycles. The number of nitrogens with zero attached hydrogens (tertiary/aromatic N) is 1. The lowest BCUT2D eigenvalue weighted by Crippen LogP contribution is -2.55. The predicted octanol–water partition coefficient (Wildman–Crippen LogP) is 0.675. The van der Waals surface area contributed by atoms with E-state index in [2.05, 4.69) is 11.9 Å². The van der Waals surface area contributed by atoms with Gasteiger partial charge in [0.15, 0.2) is 0 Å². The van der Waals surface area contributed by atoms with Gasteiger partial charge in [-0.05, 0) is 31.7 Å². The van der Waals surface area contributed by atoms with Gasteiger partial charge in [0.1, 0.15) is 0 Å². The maximum absolute atomic E-state index is 6.12. The van der Waals surface area contributed by atoms with Crippen LogP contribution in [0.3, 0.4) is 0 Å². The molecule has 1 heterocycles. The topological polar surface area (TPSA) is 29.3 Å². The van der Waals surface area contributed by atoms with Crippen molar-refractivity contribution >= 4 is 0 Å². The molecule has 2 nitrogen and oxygen atoms in total.